The van der Waals surface area contributed by atoms with E-state index in [1.54, 1.807) is 59.5 Å². The van der Waals surface area contributed by atoms with Gasteiger partial charge in [0.15, 0.2) is 6.54 Å². The molecular weight excluding hydrogens is 785 g/mol. The van der Waals surface area contributed by atoms with E-state index >= 15 is 0 Å². The zero-order valence-corrected chi connectivity index (χ0v) is 35.6. The highest BCUT2D eigenvalue weighted by molar-refractivity contribution is 8.03. The second-order valence-corrected chi connectivity index (χ2v) is 18.1. The monoisotopic (exact) mass is 831 g/mol. The molecule has 0 N–H and O–H groups in total. The van der Waals surface area contributed by atoms with Crippen molar-refractivity contribution in [1.29, 1.82) is 0 Å². The van der Waals surface area contributed by atoms with Crippen LogP contribution < -0.4 is 9.47 Å². The minimum absolute atomic E-state index is 0.216. The lowest BCUT2D eigenvalue weighted by molar-refractivity contribution is -0.669. The summed E-state index contributed by atoms with van der Waals surface area (Å²) in [4.78, 5) is 28.7. The SMILES string of the molecule is CCCCCN1/C(=C/C=C2C(S(=O)(=O)c3ccccc3)=C(/C=C/c3sc4ccc(C(=O)OC)cc4[n+]3CCCCC)c3ccccc3/2)Sc2ccc(C(=O)OC)cc21. The number of anilines is 1. The van der Waals surface area contributed by atoms with Crippen LogP contribution >= 0.6 is 23.1 Å². The van der Waals surface area contributed by atoms with E-state index in [0.29, 0.717) is 22.3 Å². The number of hydrogen-bond acceptors (Lipinski definition) is 9. The molecule has 11 heteroatoms. The molecule has 4 aromatic carbocycles. The van der Waals surface area contributed by atoms with E-state index in [2.05, 4.69) is 23.3 Å². The molecule has 2 heterocycles. The van der Waals surface area contributed by atoms with Crippen LogP contribution in [0.1, 0.15) is 89.2 Å². The van der Waals surface area contributed by atoms with Crippen LogP contribution in [0, 0.1) is 0 Å². The number of sulfone groups is 1. The van der Waals surface area contributed by atoms with Crippen LogP contribution in [0.3, 0.4) is 0 Å². The number of fused-ring (bicyclic) bond motifs is 3. The number of esters is 2. The Hall–Kier alpha value is -5.23. The second-order valence-electron chi connectivity index (χ2n) is 14.1. The topological polar surface area (TPSA) is 93.9 Å². The standard InChI is InChI=1S/C47H47N2O6S3/c1-5-7-14-28-48-39-30-32(46(50)54-3)20-24-41(39)56-43(48)26-22-37-35-18-12-13-19-36(35)38(45(37)58(52,53)34-16-10-9-11-17-34)23-27-44-49(29-15-8-6-2)40-31-33(47(51)55-4)21-25-42(40)57-44/h9-13,16-27,30-31H,5-8,14-15,28-29H2,1-4H3/q+1. The summed E-state index contributed by atoms with van der Waals surface area (Å²) in [5, 5.41) is 1.89. The average molecular weight is 832 g/mol. The number of unbranched alkanes of at least 4 members (excludes halogenated alkanes) is 4. The molecule has 2 aliphatic rings. The lowest BCUT2D eigenvalue weighted by Gasteiger charge is -2.20. The number of rotatable bonds is 15. The summed E-state index contributed by atoms with van der Waals surface area (Å²) in [6, 6.07) is 27.7. The van der Waals surface area contributed by atoms with Crippen molar-refractivity contribution in [3.05, 3.63) is 146 Å². The van der Waals surface area contributed by atoms with E-state index in [0.717, 1.165) is 93.6 Å². The number of hydrogen-bond donors (Lipinski definition) is 0. The molecule has 0 atom stereocenters. The number of ether oxygens (including phenoxy) is 2. The number of benzene rings is 4. The molecule has 58 heavy (non-hydrogen) atoms. The number of carbonyl (C=O) groups is 2. The number of aryl methyl sites for hydroxylation is 1. The van der Waals surface area contributed by atoms with E-state index < -0.39 is 21.8 Å². The fraction of sp³-hybridized carbons (Fsp3) is 0.255. The molecule has 0 amide bonds. The fourth-order valence-electron chi connectivity index (χ4n) is 7.43. The Bertz CT molecular complexity index is 2600. The van der Waals surface area contributed by atoms with Gasteiger partial charge in [-0.3, -0.25) is 0 Å². The first-order chi connectivity index (χ1) is 28.2. The van der Waals surface area contributed by atoms with Gasteiger partial charge in [0.05, 0.1) is 45.9 Å². The van der Waals surface area contributed by atoms with Crippen LogP contribution in [-0.4, -0.2) is 41.1 Å². The summed E-state index contributed by atoms with van der Waals surface area (Å²) in [5.41, 5.74) is 5.72. The number of aromatic nitrogens is 1. The molecule has 0 saturated heterocycles. The van der Waals surface area contributed by atoms with Crippen LogP contribution in [0.15, 0.2) is 129 Å². The maximum atomic E-state index is 14.9. The smallest absolute Gasteiger partial charge is 0.338 e. The van der Waals surface area contributed by atoms with Gasteiger partial charge in [0.2, 0.25) is 15.4 Å². The van der Waals surface area contributed by atoms with E-state index in [4.69, 9.17) is 9.47 Å². The molecule has 7 rings (SSSR count). The van der Waals surface area contributed by atoms with Gasteiger partial charge in [0.25, 0.3) is 5.01 Å². The number of methoxy groups -OCH3 is 2. The number of thioether (sulfide) groups is 1. The largest absolute Gasteiger partial charge is 0.465 e. The Kier molecular flexibility index (Phi) is 12.8. The van der Waals surface area contributed by atoms with Gasteiger partial charge >= 0.3 is 11.9 Å². The molecule has 5 aromatic rings. The quantitative estimate of drug-likeness (QED) is 0.0585. The first kappa shape index (κ1) is 40.9. The molecule has 1 aromatic heterocycles. The van der Waals surface area contributed by atoms with Crippen LogP contribution in [0.5, 0.6) is 0 Å². The van der Waals surface area contributed by atoms with Crippen molar-refractivity contribution < 1.29 is 32.0 Å². The zero-order valence-electron chi connectivity index (χ0n) is 33.2. The molecule has 8 nitrogen and oxygen atoms in total. The van der Waals surface area contributed by atoms with Gasteiger partial charge in [-0.25, -0.2) is 18.0 Å². The highest BCUT2D eigenvalue weighted by atomic mass is 32.2. The first-order valence-corrected chi connectivity index (χ1v) is 22.8. The van der Waals surface area contributed by atoms with E-state index in [-0.39, 0.29) is 9.80 Å². The third-order valence-corrected chi connectivity index (χ3v) is 14.5. The minimum Gasteiger partial charge on any atom is -0.465 e. The highest BCUT2D eigenvalue weighted by Crippen LogP contribution is 2.49. The summed E-state index contributed by atoms with van der Waals surface area (Å²) in [6.45, 7) is 5.83. The summed E-state index contributed by atoms with van der Waals surface area (Å²) in [7, 11) is -1.26. The predicted molar refractivity (Wildman–Crippen MR) is 235 cm³/mol. The van der Waals surface area contributed by atoms with Crippen LogP contribution in [0.4, 0.5) is 5.69 Å². The van der Waals surface area contributed by atoms with E-state index in [1.165, 1.54) is 14.2 Å². The summed E-state index contributed by atoms with van der Waals surface area (Å²) < 4.78 is 43.2. The van der Waals surface area contributed by atoms with Crippen molar-refractivity contribution in [3.63, 3.8) is 0 Å². The molecule has 0 fully saturated rings. The lowest BCUT2D eigenvalue weighted by Crippen LogP contribution is -2.35. The highest BCUT2D eigenvalue weighted by Gasteiger charge is 2.35. The van der Waals surface area contributed by atoms with Crippen molar-refractivity contribution in [2.24, 2.45) is 0 Å². The van der Waals surface area contributed by atoms with Gasteiger partial charge in [0, 0.05) is 41.1 Å². The Labute approximate surface area is 349 Å². The summed E-state index contributed by atoms with van der Waals surface area (Å²) >= 11 is 3.21. The van der Waals surface area contributed by atoms with Gasteiger partial charge in [0.1, 0.15) is 4.70 Å². The molecule has 0 saturated carbocycles. The molecule has 0 bridgehead atoms. The van der Waals surface area contributed by atoms with Gasteiger partial charge in [-0.05, 0) is 78.6 Å². The Morgan fingerprint density at radius 2 is 1.43 bits per heavy atom. The van der Waals surface area contributed by atoms with Crippen molar-refractivity contribution in [2.45, 2.75) is 68.7 Å². The molecule has 0 unspecified atom stereocenters. The number of allylic oxidation sites excluding steroid dienone is 5. The zero-order chi connectivity index (χ0) is 40.8. The van der Waals surface area contributed by atoms with Crippen molar-refractivity contribution in [1.82, 2.24) is 0 Å². The second kappa shape index (κ2) is 18.1. The lowest BCUT2D eigenvalue weighted by atomic mass is 10.0. The van der Waals surface area contributed by atoms with Crippen LogP contribution in [0.2, 0.25) is 0 Å². The van der Waals surface area contributed by atoms with Gasteiger partial charge in [-0.1, -0.05) is 105 Å². The molecular formula is C47H47N2O6S3+. The number of nitrogens with zero attached hydrogens (tertiary/aromatic N) is 2. The van der Waals surface area contributed by atoms with Crippen molar-refractivity contribution >= 4 is 78.0 Å². The third-order valence-electron chi connectivity index (χ3n) is 10.4. The predicted octanol–water partition coefficient (Wildman–Crippen LogP) is 10.9. The maximum absolute atomic E-state index is 14.9. The Morgan fingerprint density at radius 1 is 0.759 bits per heavy atom. The first-order valence-electron chi connectivity index (χ1n) is 19.7. The van der Waals surface area contributed by atoms with Gasteiger partial charge in [-0.15, -0.1) is 0 Å². The molecule has 1 aliphatic carbocycles. The minimum atomic E-state index is -4.02. The van der Waals surface area contributed by atoms with Crippen molar-refractivity contribution in [2.75, 3.05) is 25.7 Å². The molecule has 0 radical (unpaired) electrons. The summed E-state index contributed by atoms with van der Waals surface area (Å²) in [5.74, 6) is -0.782. The van der Waals surface area contributed by atoms with Crippen LogP contribution in [-0.2, 0) is 25.9 Å². The fourth-order valence-corrected chi connectivity index (χ4v) is 11.3. The van der Waals surface area contributed by atoms with Crippen LogP contribution in [0.25, 0.3) is 27.4 Å². The Balaban J connectivity index is 1.39. The summed E-state index contributed by atoms with van der Waals surface area (Å²) in [6.07, 6.45) is 14.1. The molecule has 298 valence electrons. The van der Waals surface area contributed by atoms with E-state index in [9.17, 15) is 18.0 Å². The third kappa shape index (κ3) is 8.21. The maximum Gasteiger partial charge on any atom is 0.338 e. The van der Waals surface area contributed by atoms with Crippen molar-refractivity contribution in [3.8, 4) is 0 Å². The van der Waals surface area contributed by atoms with Gasteiger partial charge < -0.3 is 14.4 Å². The van der Waals surface area contributed by atoms with Gasteiger partial charge in [-0.2, -0.15) is 4.57 Å². The van der Waals surface area contributed by atoms with E-state index in [1.807, 2.05) is 78.9 Å². The Morgan fingerprint density at radius 3 is 2.16 bits per heavy atom. The average Bonchev–Trinajstić information content (AvgIpc) is 3.90. The normalized spacial score (nSPS) is 15.2. The molecule has 1 aliphatic heterocycles. The molecule has 0 spiro atoms. The number of carbonyl (C=O) groups excluding carboxylic acids is 2. The number of thiazole rings is 1.